The molecule has 0 amide bonds. The number of hydrogen-bond acceptors (Lipinski definition) is 2. The summed E-state index contributed by atoms with van der Waals surface area (Å²) in [6, 6.07) is 0. The van der Waals surface area contributed by atoms with Crippen molar-refractivity contribution >= 4 is 16.9 Å². The van der Waals surface area contributed by atoms with Gasteiger partial charge in [0.1, 0.15) is 0 Å². The van der Waals surface area contributed by atoms with Gasteiger partial charge in [0.25, 0.3) is 0 Å². The van der Waals surface area contributed by atoms with Crippen LogP contribution in [0.25, 0.3) is 0 Å². The summed E-state index contributed by atoms with van der Waals surface area (Å²) in [6.07, 6.45) is 0. The van der Waals surface area contributed by atoms with Crippen LogP contribution in [0.15, 0.2) is 0 Å². The Bertz CT molecular complexity index is 110. The highest BCUT2D eigenvalue weighted by Crippen LogP contribution is 2.13. The van der Waals surface area contributed by atoms with Crippen LogP contribution in [0.3, 0.4) is 0 Å². The Balaban J connectivity index is -0.0000000405. The van der Waals surface area contributed by atoms with Crippen molar-refractivity contribution in [3.8, 4) is 0 Å². The van der Waals surface area contributed by atoms with Gasteiger partial charge in [0, 0.05) is 7.11 Å². The Morgan fingerprint density at radius 1 is 0.667 bits per heavy atom. The van der Waals surface area contributed by atoms with Gasteiger partial charge in [-0.1, -0.05) is 37.1 Å². The lowest BCUT2D eigenvalue weighted by atomic mass is 11.8. The first-order valence-electron chi connectivity index (χ1n) is 3.52. The first-order valence-corrected chi connectivity index (χ1v) is 9.75. The van der Waals surface area contributed by atoms with Crippen LogP contribution in [0.4, 0.5) is 0 Å². The highest BCUT2D eigenvalue weighted by atomic mass is 28.4. The third kappa shape index (κ3) is 25.0. The summed E-state index contributed by atoms with van der Waals surface area (Å²) < 4.78 is 11.1. The lowest BCUT2D eigenvalue weighted by Gasteiger charge is -2.29. The van der Waals surface area contributed by atoms with Crippen LogP contribution < -0.4 is 0 Å². The molecule has 2 nitrogen and oxygen atoms in total. The van der Waals surface area contributed by atoms with Crippen LogP contribution in [0.2, 0.25) is 32.7 Å². The molecule has 0 rings (SSSR count). The van der Waals surface area contributed by atoms with E-state index < -0.39 is 16.9 Å². The van der Waals surface area contributed by atoms with Gasteiger partial charge in [0.15, 0.2) is 8.32 Å². The van der Waals surface area contributed by atoms with Crippen molar-refractivity contribution in [2.24, 2.45) is 0 Å². The topological polar surface area (TPSA) is 18.5 Å². The largest absolute Gasteiger partial charge is 0.436 e. The van der Waals surface area contributed by atoms with Crippen LogP contribution in [0, 0.1) is 0 Å². The molecule has 0 N–H and O–H groups in total. The van der Waals surface area contributed by atoms with Crippen molar-refractivity contribution < 1.29 is 8.54 Å². The van der Waals surface area contributed by atoms with E-state index in [9.17, 15) is 0 Å². The molecule has 0 aliphatic carbocycles. The molecule has 0 fully saturated rings. The summed E-state index contributed by atoms with van der Waals surface area (Å²) >= 11 is 0. The zero-order valence-corrected chi connectivity index (χ0v) is 9.82. The summed E-state index contributed by atoms with van der Waals surface area (Å²) in [4.78, 5) is 0. The van der Waals surface area contributed by atoms with Crippen molar-refractivity contribution in [2.75, 3.05) is 7.11 Å². The molecule has 15 heavy (non-hydrogen) atoms. The fraction of sp³-hybridized carbons (Fsp3) is 1.00. The Morgan fingerprint density at radius 3 is 1.00 bits per heavy atom. The first-order chi connectivity index (χ1) is 4.27. The average Bonchev–Trinajstić information content (AvgIpc) is 1.60. The van der Waals surface area contributed by atoms with Crippen molar-refractivity contribution in [1.82, 2.24) is 0 Å². The van der Waals surface area contributed by atoms with E-state index in [1.807, 2.05) is 0 Å². The lowest BCUT2D eigenvalue weighted by Crippen LogP contribution is -2.43. The predicted molar refractivity (Wildman–Crippen MR) is 82.6 cm³/mol. The molecule has 0 bridgehead atoms. The Labute approximate surface area is 103 Å². The van der Waals surface area contributed by atoms with Crippen LogP contribution in [-0.2, 0) is 8.54 Å². The molecule has 4 heteroatoms. The van der Waals surface area contributed by atoms with Crippen molar-refractivity contribution in [2.45, 2.75) is 69.9 Å². The quantitative estimate of drug-likeness (QED) is 0.634. The molecule has 0 saturated heterocycles. The average molecular weight is 259 g/mol. The molecule has 102 valence electrons. The molecule has 0 radical (unpaired) electrons. The van der Waals surface area contributed by atoms with Gasteiger partial charge in [0.2, 0.25) is 0 Å². The molecular weight excluding hydrogens is 220 g/mol. The van der Waals surface area contributed by atoms with Crippen LogP contribution in [0.5, 0.6) is 0 Å². The van der Waals surface area contributed by atoms with Gasteiger partial charge < -0.3 is 8.54 Å². The monoisotopic (exact) mass is 258 g/mol. The molecule has 0 saturated carbocycles. The zero-order chi connectivity index (χ0) is 8.41. The number of hydrogen-bond donors (Lipinski definition) is 0. The highest BCUT2D eigenvalue weighted by Gasteiger charge is 2.29. The Morgan fingerprint density at radius 2 is 0.933 bits per heavy atom. The normalized spacial score (nSPS) is 9.20. The fourth-order valence-corrected chi connectivity index (χ4v) is 7.01. The van der Waals surface area contributed by atoms with E-state index in [1.165, 1.54) is 0 Å². The SMILES string of the molecule is C.C.C.C.C.CO[Si](C)(C)O[Si](C)(C)C. The molecule has 0 aliphatic rings. The van der Waals surface area contributed by atoms with Gasteiger partial charge in [-0.3, -0.25) is 0 Å². The summed E-state index contributed by atoms with van der Waals surface area (Å²) in [5, 5.41) is 0. The van der Waals surface area contributed by atoms with Crippen LogP contribution in [0.1, 0.15) is 37.1 Å². The van der Waals surface area contributed by atoms with Gasteiger partial charge in [-0.2, -0.15) is 0 Å². The predicted octanol–water partition coefficient (Wildman–Crippen LogP) is 5.37. The second kappa shape index (κ2) is 12.4. The molecule has 0 heterocycles. The minimum absolute atomic E-state index is 0. The molecule has 0 unspecified atom stereocenters. The molecule has 0 aromatic heterocycles. The molecule has 0 spiro atoms. The van der Waals surface area contributed by atoms with Gasteiger partial charge in [-0.25, -0.2) is 0 Å². The molecule has 0 atom stereocenters. The van der Waals surface area contributed by atoms with E-state index in [0.717, 1.165) is 0 Å². The smallest absolute Gasteiger partial charge is 0.321 e. The maximum absolute atomic E-state index is 5.83. The van der Waals surface area contributed by atoms with E-state index in [-0.39, 0.29) is 37.1 Å². The second-order valence-electron chi connectivity index (χ2n) is 3.82. The summed E-state index contributed by atoms with van der Waals surface area (Å²) in [5.41, 5.74) is 0. The minimum atomic E-state index is -1.75. The molecule has 0 aromatic carbocycles. The maximum atomic E-state index is 5.83. The van der Waals surface area contributed by atoms with E-state index in [2.05, 4.69) is 32.7 Å². The third-order valence-corrected chi connectivity index (χ3v) is 6.44. The second-order valence-corrected chi connectivity index (χ2v) is 12.1. The Hall–Kier alpha value is 0.354. The maximum Gasteiger partial charge on any atom is 0.321 e. The number of rotatable bonds is 3. The molecular formula is C11H38O2Si2. The van der Waals surface area contributed by atoms with Gasteiger partial charge in [-0.15, -0.1) is 0 Å². The van der Waals surface area contributed by atoms with E-state index in [1.54, 1.807) is 7.11 Å². The van der Waals surface area contributed by atoms with E-state index in [0.29, 0.717) is 0 Å². The summed E-state index contributed by atoms with van der Waals surface area (Å²) in [7, 11) is -1.40. The zero-order valence-electron chi connectivity index (χ0n) is 7.82. The highest BCUT2D eigenvalue weighted by molar-refractivity contribution is 6.81. The van der Waals surface area contributed by atoms with Gasteiger partial charge in [-0.05, 0) is 32.7 Å². The third-order valence-electron chi connectivity index (χ3n) is 1.04. The Kier molecular flexibility index (Phi) is 29.9. The van der Waals surface area contributed by atoms with Gasteiger partial charge in [0.05, 0.1) is 0 Å². The molecule has 0 aliphatic heterocycles. The summed E-state index contributed by atoms with van der Waals surface area (Å²) in [5.74, 6) is 0. The van der Waals surface area contributed by atoms with E-state index in [4.69, 9.17) is 8.54 Å². The molecule has 0 aromatic rings. The lowest BCUT2D eigenvalue weighted by molar-refractivity contribution is 0.312. The van der Waals surface area contributed by atoms with Crippen molar-refractivity contribution in [3.05, 3.63) is 0 Å². The van der Waals surface area contributed by atoms with Crippen molar-refractivity contribution in [1.29, 1.82) is 0 Å². The first kappa shape index (κ1) is 36.2. The van der Waals surface area contributed by atoms with Crippen LogP contribution in [-0.4, -0.2) is 24.0 Å². The standard InChI is InChI=1S/C6H18O2Si2.5CH4/c1-7-10(5,6)8-9(2,3)4;;;;;/h1-6H3;5*1H4. The van der Waals surface area contributed by atoms with Gasteiger partial charge >= 0.3 is 8.56 Å². The fourth-order valence-electron chi connectivity index (χ4n) is 0.779. The summed E-state index contributed by atoms with van der Waals surface area (Å²) in [6.45, 7) is 10.7. The van der Waals surface area contributed by atoms with Crippen LogP contribution >= 0.6 is 0 Å². The van der Waals surface area contributed by atoms with Crippen molar-refractivity contribution in [3.63, 3.8) is 0 Å². The van der Waals surface area contributed by atoms with E-state index >= 15 is 0 Å². The minimum Gasteiger partial charge on any atom is -0.436 e.